The molecule has 2 fully saturated rings. The SMILES string of the molecule is CCCC/C=C\C/C=C\CCCCCCCCC1(CCCCCCCC/C=C\C/C=C\CCCC)O[C@H]2C[C@H](CC(=O)CCN(C)C)C[C@H]2O1. The van der Waals surface area contributed by atoms with Gasteiger partial charge in [-0.1, -0.05) is 140 Å². The lowest BCUT2D eigenvalue weighted by Gasteiger charge is -2.30. The molecule has 0 unspecified atom stereocenters. The van der Waals surface area contributed by atoms with Crippen molar-refractivity contribution < 1.29 is 14.3 Å². The van der Waals surface area contributed by atoms with Gasteiger partial charge in [0.05, 0.1) is 12.2 Å². The zero-order valence-corrected chi connectivity index (χ0v) is 33.5. The first-order valence-electron chi connectivity index (χ1n) is 21.6. The Bertz CT molecular complexity index is 872. The number of ether oxygens (including phenoxy) is 2. The van der Waals surface area contributed by atoms with Crippen molar-refractivity contribution in [1.29, 1.82) is 0 Å². The highest BCUT2D eigenvalue weighted by Crippen LogP contribution is 2.46. The minimum Gasteiger partial charge on any atom is -0.344 e. The van der Waals surface area contributed by atoms with Crippen LogP contribution in [-0.2, 0) is 14.3 Å². The lowest BCUT2D eigenvalue weighted by Crippen LogP contribution is -2.32. The molecule has 4 heteroatoms. The summed E-state index contributed by atoms with van der Waals surface area (Å²) >= 11 is 0. The number of nitrogens with zero attached hydrogens (tertiary/aromatic N) is 1. The molecule has 2 aliphatic rings. The molecule has 1 saturated carbocycles. The van der Waals surface area contributed by atoms with Gasteiger partial charge in [-0.25, -0.2) is 0 Å². The molecule has 0 aromatic carbocycles. The van der Waals surface area contributed by atoms with Crippen LogP contribution in [0.2, 0.25) is 0 Å². The van der Waals surface area contributed by atoms with E-state index in [4.69, 9.17) is 9.47 Å². The van der Waals surface area contributed by atoms with E-state index in [0.29, 0.717) is 24.5 Å². The van der Waals surface area contributed by atoms with Gasteiger partial charge in [-0.05, 0) is 97.1 Å². The molecule has 1 saturated heterocycles. The Morgan fingerprint density at radius 3 is 1.40 bits per heavy atom. The lowest BCUT2D eigenvalue weighted by molar-refractivity contribution is -0.193. The first kappa shape index (κ1) is 44.7. The molecule has 1 aliphatic heterocycles. The molecule has 0 radical (unpaired) electrons. The van der Waals surface area contributed by atoms with E-state index in [-0.39, 0.29) is 18.0 Å². The van der Waals surface area contributed by atoms with E-state index in [1.807, 2.05) is 14.1 Å². The average Bonchev–Trinajstić information content (AvgIpc) is 3.62. The fourth-order valence-electron chi connectivity index (χ4n) is 7.57. The van der Waals surface area contributed by atoms with E-state index in [2.05, 4.69) is 67.4 Å². The molecule has 0 spiro atoms. The smallest absolute Gasteiger partial charge is 0.169 e. The highest BCUT2D eigenvalue weighted by molar-refractivity contribution is 5.78. The Morgan fingerprint density at radius 2 is 0.980 bits per heavy atom. The molecule has 0 bridgehead atoms. The van der Waals surface area contributed by atoms with Crippen LogP contribution in [0, 0.1) is 5.92 Å². The molecular formula is C46H81NO3. The van der Waals surface area contributed by atoms with E-state index in [1.165, 1.54) is 128 Å². The van der Waals surface area contributed by atoms with Crippen molar-refractivity contribution in [1.82, 2.24) is 4.90 Å². The Morgan fingerprint density at radius 1 is 0.580 bits per heavy atom. The maximum Gasteiger partial charge on any atom is 0.169 e. The summed E-state index contributed by atoms with van der Waals surface area (Å²) in [6.45, 7) is 5.35. The Hall–Kier alpha value is -1.49. The summed E-state index contributed by atoms with van der Waals surface area (Å²) in [5.74, 6) is 0.430. The number of rotatable bonds is 33. The van der Waals surface area contributed by atoms with Gasteiger partial charge in [0.15, 0.2) is 5.79 Å². The van der Waals surface area contributed by atoms with Crippen LogP contribution in [0.5, 0.6) is 0 Å². The van der Waals surface area contributed by atoms with E-state index in [9.17, 15) is 4.79 Å². The number of fused-ring (bicyclic) bond motifs is 1. The van der Waals surface area contributed by atoms with E-state index in [0.717, 1.165) is 45.1 Å². The maximum atomic E-state index is 12.6. The van der Waals surface area contributed by atoms with Crippen molar-refractivity contribution in [2.45, 2.75) is 212 Å². The second kappa shape index (κ2) is 30.0. The second-order valence-corrected chi connectivity index (χ2v) is 15.8. The van der Waals surface area contributed by atoms with Gasteiger partial charge in [0.2, 0.25) is 0 Å². The predicted molar refractivity (Wildman–Crippen MR) is 217 cm³/mol. The molecule has 50 heavy (non-hydrogen) atoms. The molecule has 0 aromatic rings. The van der Waals surface area contributed by atoms with Crippen molar-refractivity contribution in [3.63, 3.8) is 0 Å². The first-order chi connectivity index (χ1) is 24.5. The molecule has 288 valence electrons. The average molecular weight is 696 g/mol. The Balaban J connectivity index is 1.65. The monoisotopic (exact) mass is 696 g/mol. The Labute approximate surface area is 311 Å². The zero-order chi connectivity index (χ0) is 36.0. The molecule has 2 rings (SSSR count). The van der Waals surface area contributed by atoms with Gasteiger partial charge in [-0.3, -0.25) is 4.79 Å². The third-order valence-corrected chi connectivity index (χ3v) is 10.6. The summed E-state index contributed by atoms with van der Waals surface area (Å²) in [5.41, 5.74) is 0. The number of hydrogen-bond acceptors (Lipinski definition) is 4. The van der Waals surface area contributed by atoms with Gasteiger partial charge in [-0.2, -0.15) is 0 Å². The number of carbonyl (C=O) groups excluding carboxylic acids is 1. The lowest BCUT2D eigenvalue weighted by atomic mass is 9.97. The molecule has 1 heterocycles. The second-order valence-electron chi connectivity index (χ2n) is 15.8. The van der Waals surface area contributed by atoms with E-state index in [1.54, 1.807) is 0 Å². The minimum atomic E-state index is -0.388. The van der Waals surface area contributed by atoms with Crippen LogP contribution in [0.15, 0.2) is 48.6 Å². The summed E-state index contributed by atoms with van der Waals surface area (Å²) in [4.78, 5) is 14.7. The Kier molecular flexibility index (Phi) is 26.8. The van der Waals surface area contributed by atoms with Crippen LogP contribution in [0.1, 0.15) is 194 Å². The van der Waals surface area contributed by atoms with Gasteiger partial charge < -0.3 is 14.4 Å². The van der Waals surface area contributed by atoms with Crippen LogP contribution in [0.4, 0.5) is 0 Å². The third-order valence-electron chi connectivity index (χ3n) is 10.6. The van der Waals surface area contributed by atoms with Crippen LogP contribution in [0.3, 0.4) is 0 Å². The number of unbranched alkanes of at least 4 members (excludes halogenated alkanes) is 16. The molecule has 0 amide bonds. The van der Waals surface area contributed by atoms with Crippen LogP contribution >= 0.6 is 0 Å². The number of allylic oxidation sites excluding steroid dienone is 8. The molecule has 1 aliphatic carbocycles. The summed E-state index contributed by atoms with van der Waals surface area (Å²) in [6.07, 6.45) is 52.2. The fourth-order valence-corrected chi connectivity index (χ4v) is 7.57. The topological polar surface area (TPSA) is 38.8 Å². The standard InChI is InChI=1S/C46H81NO3/c1-5-7-9-11-13-15-17-19-21-23-25-27-29-31-33-36-46(37-34-32-30-28-26-24-22-20-18-16-14-12-10-8-6-2)49-44-40-42(41-45(44)50-46)39-43(48)35-38-47(3)4/h11-14,17-20,42,44-45H,5-10,15-16,21-41H2,1-4H3/b13-11-,14-12-,19-17-,20-18-/t42-,44-,45+. The van der Waals surface area contributed by atoms with Gasteiger partial charge in [0.1, 0.15) is 5.78 Å². The molecule has 4 nitrogen and oxygen atoms in total. The number of ketones is 1. The molecular weight excluding hydrogens is 615 g/mol. The largest absolute Gasteiger partial charge is 0.344 e. The summed E-state index contributed by atoms with van der Waals surface area (Å²) < 4.78 is 13.7. The van der Waals surface area contributed by atoms with Gasteiger partial charge in [0, 0.05) is 32.2 Å². The normalized spacial score (nSPS) is 20.5. The van der Waals surface area contributed by atoms with Gasteiger partial charge >= 0.3 is 0 Å². The third kappa shape index (κ3) is 22.4. The summed E-state index contributed by atoms with van der Waals surface area (Å²) in [5, 5.41) is 0. The number of Topliss-reactive ketones (excluding diaryl/α,β-unsaturated/α-hetero) is 1. The van der Waals surface area contributed by atoms with Crippen LogP contribution in [-0.4, -0.2) is 49.3 Å². The molecule has 0 aromatic heterocycles. The molecule has 0 N–H and O–H groups in total. The molecule has 3 atom stereocenters. The number of hydrogen-bond donors (Lipinski definition) is 0. The zero-order valence-electron chi connectivity index (χ0n) is 33.5. The predicted octanol–water partition coefficient (Wildman–Crippen LogP) is 13.4. The van der Waals surface area contributed by atoms with Crippen molar-refractivity contribution >= 4 is 5.78 Å². The minimum absolute atomic E-state index is 0.182. The van der Waals surface area contributed by atoms with Crippen molar-refractivity contribution in [2.24, 2.45) is 5.92 Å². The van der Waals surface area contributed by atoms with Gasteiger partial charge in [0.25, 0.3) is 0 Å². The first-order valence-corrected chi connectivity index (χ1v) is 21.6. The van der Waals surface area contributed by atoms with Crippen molar-refractivity contribution in [2.75, 3.05) is 20.6 Å². The van der Waals surface area contributed by atoms with Crippen LogP contribution < -0.4 is 0 Å². The maximum absolute atomic E-state index is 12.6. The quantitative estimate of drug-likeness (QED) is 0.0506. The van der Waals surface area contributed by atoms with Gasteiger partial charge in [-0.15, -0.1) is 0 Å². The summed E-state index contributed by atoms with van der Waals surface area (Å²) in [6, 6.07) is 0. The van der Waals surface area contributed by atoms with Crippen molar-refractivity contribution in [3.8, 4) is 0 Å². The van der Waals surface area contributed by atoms with Crippen LogP contribution in [0.25, 0.3) is 0 Å². The van der Waals surface area contributed by atoms with E-state index >= 15 is 0 Å². The summed E-state index contributed by atoms with van der Waals surface area (Å²) in [7, 11) is 4.08. The number of carbonyl (C=O) groups is 1. The highest BCUT2D eigenvalue weighted by atomic mass is 16.8. The van der Waals surface area contributed by atoms with Crippen molar-refractivity contribution in [3.05, 3.63) is 48.6 Å². The highest BCUT2D eigenvalue weighted by Gasteiger charge is 2.51. The van der Waals surface area contributed by atoms with E-state index < -0.39 is 0 Å². The fraction of sp³-hybridized carbons (Fsp3) is 0.804.